The number of aromatic nitrogens is 1. The maximum atomic E-state index is 13.2. The summed E-state index contributed by atoms with van der Waals surface area (Å²) in [4.78, 5) is 16.6. The summed E-state index contributed by atoms with van der Waals surface area (Å²) in [5.74, 6) is -0.392. The lowest BCUT2D eigenvalue weighted by Gasteiger charge is -2.24. The summed E-state index contributed by atoms with van der Waals surface area (Å²) in [5, 5.41) is 2.76. The number of hydrogen-bond donors (Lipinski definition) is 1. The number of anilines is 1. The second kappa shape index (κ2) is 8.67. The first-order valence-electron chi connectivity index (χ1n) is 8.77. The van der Waals surface area contributed by atoms with Crippen LogP contribution in [0.25, 0.3) is 0 Å². The Bertz CT molecular complexity index is 1020. The smallest absolute Gasteiger partial charge is 0.264 e. The molecule has 28 heavy (non-hydrogen) atoms. The average Bonchev–Trinajstić information content (AvgIpc) is 2.72. The third-order valence-corrected chi connectivity index (χ3v) is 5.97. The Labute approximate surface area is 164 Å². The van der Waals surface area contributed by atoms with Crippen LogP contribution in [0, 0.1) is 6.92 Å². The van der Waals surface area contributed by atoms with E-state index < -0.39 is 15.9 Å². The molecule has 3 aromatic rings. The van der Waals surface area contributed by atoms with Crippen molar-refractivity contribution in [2.75, 3.05) is 10.8 Å². The number of nitrogens with one attached hydrogen (secondary N) is 1. The number of hydrogen-bond acceptors (Lipinski definition) is 4. The number of sulfonamides is 1. The third kappa shape index (κ3) is 4.75. The molecule has 0 fully saturated rings. The number of aryl methyl sites for hydroxylation is 1. The number of pyridine rings is 1. The number of nitrogens with zero attached hydrogens (tertiary/aromatic N) is 2. The van der Waals surface area contributed by atoms with E-state index in [1.165, 1.54) is 0 Å². The quantitative estimate of drug-likeness (QED) is 0.667. The fourth-order valence-corrected chi connectivity index (χ4v) is 4.06. The first kappa shape index (κ1) is 19.6. The molecule has 1 heterocycles. The molecule has 2 aromatic carbocycles. The second-order valence-electron chi connectivity index (χ2n) is 6.29. The number of para-hydroxylation sites is 1. The Balaban J connectivity index is 1.83. The standard InChI is InChI=1S/C21H21N3O3S/c1-17-7-9-20(10-8-17)28(26,27)24(19-5-3-2-4-6-19)16-21(25)23-15-18-11-13-22-14-12-18/h2-14H,15-16H2,1H3,(H,23,25). The van der Waals surface area contributed by atoms with Gasteiger partial charge < -0.3 is 5.32 Å². The van der Waals surface area contributed by atoms with Crippen LogP contribution in [0.15, 0.2) is 84.0 Å². The zero-order chi connectivity index (χ0) is 20.0. The predicted molar refractivity (Wildman–Crippen MR) is 108 cm³/mol. The van der Waals surface area contributed by atoms with E-state index in [1.807, 2.05) is 6.92 Å². The van der Waals surface area contributed by atoms with Gasteiger partial charge in [0.25, 0.3) is 10.0 Å². The van der Waals surface area contributed by atoms with Gasteiger partial charge >= 0.3 is 0 Å². The van der Waals surface area contributed by atoms with Crippen LogP contribution in [0.3, 0.4) is 0 Å². The maximum absolute atomic E-state index is 13.2. The molecule has 0 spiro atoms. The average molecular weight is 395 g/mol. The van der Waals surface area contributed by atoms with Gasteiger partial charge in [-0.3, -0.25) is 14.1 Å². The highest BCUT2D eigenvalue weighted by Gasteiger charge is 2.26. The lowest BCUT2D eigenvalue weighted by Crippen LogP contribution is -2.40. The summed E-state index contributed by atoms with van der Waals surface area (Å²) in [6, 6.07) is 18.8. The van der Waals surface area contributed by atoms with Crippen molar-refractivity contribution < 1.29 is 13.2 Å². The molecule has 6 nitrogen and oxygen atoms in total. The van der Waals surface area contributed by atoms with Gasteiger partial charge in [0.2, 0.25) is 5.91 Å². The van der Waals surface area contributed by atoms with E-state index >= 15 is 0 Å². The molecular weight excluding hydrogens is 374 g/mol. The molecule has 0 bridgehead atoms. The number of amides is 1. The molecule has 0 aliphatic carbocycles. The molecule has 3 rings (SSSR count). The number of rotatable bonds is 7. The molecule has 0 atom stereocenters. The SMILES string of the molecule is Cc1ccc(S(=O)(=O)N(CC(=O)NCc2ccncc2)c2ccccc2)cc1. The van der Waals surface area contributed by atoms with Gasteiger partial charge in [-0.25, -0.2) is 8.42 Å². The van der Waals surface area contributed by atoms with E-state index in [2.05, 4.69) is 10.3 Å². The topological polar surface area (TPSA) is 79.4 Å². The van der Waals surface area contributed by atoms with Crippen LogP contribution in [-0.2, 0) is 21.4 Å². The Morgan fingerprint density at radius 2 is 1.61 bits per heavy atom. The number of carbonyl (C=O) groups is 1. The van der Waals surface area contributed by atoms with Crippen molar-refractivity contribution in [3.63, 3.8) is 0 Å². The van der Waals surface area contributed by atoms with Crippen LogP contribution in [-0.4, -0.2) is 25.9 Å². The minimum absolute atomic E-state index is 0.142. The maximum Gasteiger partial charge on any atom is 0.264 e. The summed E-state index contributed by atoms with van der Waals surface area (Å²) >= 11 is 0. The van der Waals surface area contributed by atoms with E-state index in [4.69, 9.17) is 0 Å². The first-order chi connectivity index (χ1) is 13.5. The number of carbonyl (C=O) groups excluding carboxylic acids is 1. The van der Waals surface area contributed by atoms with Crippen molar-refractivity contribution in [2.45, 2.75) is 18.4 Å². The molecule has 1 aromatic heterocycles. The summed E-state index contributed by atoms with van der Waals surface area (Å²) < 4.78 is 27.5. The van der Waals surface area contributed by atoms with Gasteiger partial charge in [0.15, 0.2) is 0 Å². The monoisotopic (exact) mass is 395 g/mol. The minimum Gasteiger partial charge on any atom is -0.350 e. The zero-order valence-corrected chi connectivity index (χ0v) is 16.3. The van der Waals surface area contributed by atoms with Crippen molar-refractivity contribution in [3.8, 4) is 0 Å². The Morgan fingerprint density at radius 3 is 2.25 bits per heavy atom. The van der Waals surface area contributed by atoms with Crippen molar-refractivity contribution >= 4 is 21.6 Å². The molecule has 1 N–H and O–H groups in total. The largest absolute Gasteiger partial charge is 0.350 e. The fourth-order valence-electron chi connectivity index (χ4n) is 2.63. The molecule has 0 aliphatic heterocycles. The normalized spacial score (nSPS) is 11.0. The van der Waals surface area contributed by atoms with Crippen LogP contribution in [0.1, 0.15) is 11.1 Å². The van der Waals surface area contributed by atoms with Gasteiger partial charge in [-0.05, 0) is 48.9 Å². The molecule has 0 saturated carbocycles. The molecular formula is C21H21N3O3S. The van der Waals surface area contributed by atoms with Crippen LogP contribution in [0.4, 0.5) is 5.69 Å². The molecule has 0 saturated heterocycles. The lowest BCUT2D eigenvalue weighted by molar-refractivity contribution is -0.119. The van der Waals surface area contributed by atoms with E-state index in [9.17, 15) is 13.2 Å². The molecule has 0 unspecified atom stereocenters. The van der Waals surface area contributed by atoms with Gasteiger partial charge in [-0.1, -0.05) is 35.9 Å². The van der Waals surface area contributed by atoms with Crippen molar-refractivity contribution in [3.05, 3.63) is 90.3 Å². The lowest BCUT2D eigenvalue weighted by atomic mass is 10.2. The minimum atomic E-state index is -3.89. The summed E-state index contributed by atoms with van der Waals surface area (Å²) in [7, 11) is -3.89. The van der Waals surface area contributed by atoms with Gasteiger partial charge in [0.1, 0.15) is 6.54 Å². The Kier molecular flexibility index (Phi) is 6.06. The van der Waals surface area contributed by atoms with Gasteiger partial charge in [0, 0.05) is 18.9 Å². The van der Waals surface area contributed by atoms with Gasteiger partial charge in [-0.15, -0.1) is 0 Å². The van der Waals surface area contributed by atoms with E-state index in [0.717, 1.165) is 15.4 Å². The Hall–Kier alpha value is -3.19. The molecule has 7 heteroatoms. The Morgan fingerprint density at radius 1 is 0.964 bits per heavy atom. The number of benzene rings is 2. The summed E-state index contributed by atoms with van der Waals surface area (Å²) in [6.07, 6.45) is 3.28. The van der Waals surface area contributed by atoms with Crippen molar-refractivity contribution in [1.82, 2.24) is 10.3 Å². The molecule has 0 aliphatic rings. The predicted octanol–water partition coefficient (Wildman–Crippen LogP) is 2.90. The van der Waals surface area contributed by atoms with Crippen molar-refractivity contribution in [2.24, 2.45) is 0 Å². The fraction of sp³-hybridized carbons (Fsp3) is 0.143. The highest BCUT2D eigenvalue weighted by Crippen LogP contribution is 2.23. The van der Waals surface area contributed by atoms with Crippen LogP contribution in [0.5, 0.6) is 0 Å². The van der Waals surface area contributed by atoms with Gasteiger partial charge in [0.05, 0.1) is 10.6 Å². The summed E-state index contributed by atoms with van der Waals surface area (Å²) in [5.41, 5.74) is 2.28. The molecule has 144 valence electrons. The second-order valence-corrected chi connectivity index (χ2v) is 8.15. The van der Waals surface area contributed by atoms with E-state index in [1.54, 1.807) is 79.1 Å². The highest BCUT2D eigenvalue weighted by atomic mass is 32.2. The van der Waals surface area contributed by atoms with Crippen LogP contribution < -0.4 is 9.62 Å². The van der Waals surface area contributed by atoms with E-state index in [-0.39, 0.29) is 11.4 Å². The molecule has 1 amide bonds. The summed E-state index contributed by atoms with van der Waals surface area (Å²) in [6.45, 7) is 1.87. The van der Waals surface area contributed by atoms with Crippen molar-refractivity contribution in [1.29, 1.82) is 0 Å². The highest BCUT2D eigenvalue weighted by molar-refractivity contribution is 7.92. The van der Waals surface area contributed by atoms with E-state index in [0.29, 0.717) is 12.2 Å². The molecule has 0 radical (unpaired) electrons. The third-order valence-electron chi connectivity index (χ3n) is 4.18. The first-order valence-corrected chi connectivity index (χ1v) is 10.2. The zero-order valence-electron chi connectivity index (χ0n) is 15.4. The van der Waals surface area contributed by atoms with Crippen LogP contribution in [0.2, 0.25) is 0 Å². The van der Waals surface area contributed by atoms with Crippen LogP contribution >= 0.6 is 0 Å². The van der Waals surface area contributed by atoms with Gasteiger partial charge in [-0.2, -0.15) is 0 Å².